The number of aliphatic hydroxyl groups is 1. The summed E-state index contributed by atoms with van der Waals surface area (Å²) in [5, 5.41) is 42.2. The van der Waals surface area contributed by atoms with Crippen LogP contribution in [0.5, 0.6) is 0 Å². The van der Waals surface area contributed by atoms with E-state index < -0.39 is 128 Å². The Bertz CT molecular complexity index is 1710. The SMILES string of the molecule is CC[C@H](C)[C@H](NC(=O)[C@H](CCC(=O)O)NC(=O)CNC(=O)[C@@H](N)CO)C(=O)N[C@@H](Cc1cnc[nH]1)C(=O)N[C@@H](Cc1ccccc1)C(=O)N[C@@H](CC(N)=O)C(=O)O. The number of aromatic nitrogens is 2. The van der Waals surface area contributed by atoms with Gasteiger partial charge in [0.05, 0.1) is 25.9 Å². The normalized spacial score (nSPS) is 14.5. The Morgan fingerprint density at radius 2 is 1.39 bits per heavy atom. The number of nitrogens with two attached hydrogens (primary N) is 2. The molecule has 0 aliphatic heterocycles. The summed E-state index contributed by atoms with van der Waals surface area (Å²) >= 11 is 0. The quantitative estimate of drug-likeness (QED) is 0.0455. The van der Waals surface area contributed by atoms with E-state index in [1.165, 1.54) is 12.5 Å². The Morgan fingerprint density at radius 3 is 1.93 bits per heavy atom. The highest BCUT2D eigenvalue weighted by atomic mass is 16.4. The maximum Gasteiger partial charge on any atom is 0.326 e. The minimum atomic E-state index is -1.71. The number of amides is 7. The number of rotatable bonds is 25. The molecule has 0 aliphatic carbocycles. The third kappa shape index (κ3) is 16.5. The van der Waals surface area contributed by atoms with Crippen LogP contribution in [-0.4, -0.2) is 128 Å². The first-order valence-corrected chi connectivity index (χ1v) is 17.8. The molecular weight excluding hydrogens is 752 g/mol. The average molecular weight is 803 g/mol. The Kier molecular flexibility index (Phi) is 19.3. The molecule has 0 spiro atoms. The van der Waals surface area contributed by atoms with Crippen molar-refractivity contribution in [3.63, 3.8) is 0 Å². The number of nitrogens with zero attached hydrogens (tertiary/aromatic N) is 1. The number of aromatic amines is 1. The van der Waals surface area contributed by atoms with Crippen LogP contribution in [0.4, 0.5) is 0 Å². The minimum Gasteiger partial charge on any atom is -0.481 e. The van der Waals surface area contributed by atoms with E-state index >= 15 is 0 Å². The molecule has 14 N–H and O–H groups in total. The summed E-state index contributed by atoms with van der Waals surface area (Å²) in [5.41, 5.74) is 11.5. The maximum absolute atomic E-state index is 14.0. The van der Waals surface area contributed by atoms with E-state index in [-0.39, 0.29) is 12.8 Å². The Morgan fingerprint density at radius 1 is 0.789 bits per heavy atom. The van der Waals surface area contributed by atoms with Gasteiger partial charge in [-0.2, -0.15) is 0 Å². The van der Waals surface area contributed by atoms with Crippen molar-refractivity contribution < 1.29 is 58.5 Å². The second-order valence-corrected chi connectivity index (χ2v) is 13.1. The molecule has 0 aliphatic rings. The van der Waals surface area contributed by atoms with Gasteiger partial charge in [0.1, 0.15) is 36.3 Å². The fourth-order valence-corrected chi connectivity index (χ4v) is 5.21. The topological polar surface area (TPSA) is 367 Å². The summed E-state index contributed by atoms with van der Waals surface area (Å²) < 4.78 is 0. The lowest BCUT2D eigenvalue weighted by Gasteiger charge is -2.29. The summed E-state index contributed by atoms with van der Waals surface area (Å²) in [5.74, 6) is -9.91. The van der Waals surface area contributed by atoms with Gasteiger partial charge >= 0.3 is 11.9 Å². The zero-order valence-electron chi connectivity index (χ0n) is 31.4. The van der Waals surface area contributed by atoms with Crippen LogP contribution in [0.3, 0.4) is 0 Å². The van der Waals surface area contributed by atoms with Crippen LogP contribution in [0.2, 0.25) is 0 Å². The Hall–Kier alpha value is -6.42. The molecule has 0 radical (unpaired) electrons. The van der Waals surface area contributed by atoms with E-state index in [4.69, 9.17) is 16.6 Å². The van der Waals surface area contributed by atoms with Crippen molar-refractivity contribution in [1.82, 2.24) is 41.9 Å². The second kappa shape index (κ2) is 23.5. The van der Waals surface area contributed by atoms with Gasteiger partial charge in [0.2, 0.25) is 41.4 Å². The number of primary amides is 1. The third-order valence-corrected chi connectivity index (χ3v) is 8.60. The average Bonchev–Trinajstić information content (AvgIpc) is 3.69. The van der Waals surface area contributed by atoms with E-state index in [9.17, 15) is 53.4 Å². The van der Waals surface area contributed by atoms with Crippen molar-refractivity contribution in [3.05, 3.63) is 54.1 Å². The Labute approximate surface area is 326 Å². The molecule has 0 saturated heterocycles. The molecule has 2 aromatic rings. The van der Waals surface area contributed by atoms with Crippen LogP contribution in [0.1, 0.15) is 50.8 Å². The van der Waals surface area contributed by atoms with E-state index in [0.29, 0.717) is 17.7 Å². The summed E-state index contributed by atoms with van der Waals surface area (Å²) in [7, 11) is 0. The van der Waals surface area contributed by atoms with Crippen molar-refractivity contribution in [2.24, 2.45) is 17.4 Å². The van der Waals surface area contributed by atoms with Gasteiger partial charge in [0.15, 0.2) is 0 Å². The van der Waals surface area contributed by atoms with Crippen LogP contribution in [0.25, 0.3) is 0 Å². The van der Waals surface area contributed by atoms with Crippen LogP contribution in [0.15, 0.2) is 42.9 Å². The van der Waals surface area contributed by atoms with Gasteiger partial charge in [0, 0.05) is 31.2 Å². The highest BCUT2D eigenvalue weighted by Gasteiger charge is 2.35. The number of carbonyl (C=O) groups excluding carboxylic acids is 7. The van der Waals surface area contributed by atoms with Crippen LogP contribution in [-0.2, 0) is 56.0 Å². The smallest absolute Gasteiger partial charge is 0.326 e. The summed E-state index contributed by atoms with van der Waals surface area (Å²) in [4.78, 5) is 121. The molecule has 7 atom stereocenters. The van der Waals surface area contributed by atoms with E-state index in [1.807, 2.05) is 0 Å². The molecule has 1 aromatic heterocycles. The third-order valence-electron chi connectivity index (χ3n) is 8.60. The van der Waals surface area contributed by atoms with Gasteiger partial charge in [-0.1, -0.05) is 50.6 Å². The number of nitrogens with one attached hydrogen (secondary N) is 7. The monoisotopic (exact) mass is 802 g/mol. The first kappa shape index (κ1) is 46.7. The number of hydrogen-bond acceptors (Lipinski definition) is 12. The van der Waals surface area contributed by atoms with Crippen molar-refractivity contribution in [2.45, 2.75) is 88.6 Å². The molecule has 0 bridgehead atoms. The molecular formula is C35H50N10O12. The first-order chi connectivity index (χ1) is 26.9. The van der Waals surface area contributed by atoms with Gasteiger partial charge in [0.25, 0.3) is 0 Å². The van der Waals surface area contributed by atoms with Crippen molar-refractivity contribution in [1.29, 1.82) is 0 Å². The summed E-state index contributed by atoms with van der Waals surface area (Å²) in [6.07, 6.45) is 0.956. The predicted molar refractivity (Wildman–Crippen MR) is 198 cm³/mol. The van der Waals surface area contributed by atoms with Crippen molar-refractivity contribution in [3.8, 4) is 0 Å². The molecule has 0 unspecified atom stereocenters. The zero-order chi connectivity index (χ0) is 42.7. The molecule has 1 heterocycles. The molecule has 312 valence electrons. The lowest BCUT2D eigenvalue weighted by molar-refractivity contribution is -0.143. The highest BCUT2D eigenvalue weighted by molar-refractivity contribution is 5.97. The Balaban J connectivity index is 2.38. The number of carboxylic acids is 2. The number of imidazole rings is 1. The second-order valence-electron chi connectivity index (χ2n) is 13.1. The highest BCUT2D eigenvalue weighted by Crippen LogP contribution is 2.12. The molecule has 7 amide bonds. The standard InChI is InChI=1S/C35H50N10O12/c1-3-18(2)29(45-31(52)22(9-10-28(49)50)41-27(48)15-39-30(51)21(36)16-46)34(55)43-24(12-20-14-38-17-40-20)33(54)42-23(11-19-7-5-4-6-8-19)32(53)44-25(35(56)57)13-26(37)47/h4-8,14,17-18,21-25,29,46H,3,9-13,15-16,36H2,1-2H3,(H2,37,47)(H,38,40)(H,39,51)(H,41,48)(H,42,54)(H,43,55)(H,44,53)(H,45,52)(H,49,50)(H,56,57)/t18-,21-,22-,23-,24-,25-,29-/m0/s1. The molecule has 22 heteroatoms. The number of carbonyl (C=O) groups is 9. The fourth-order valence-electron chi connectivity index (χ4n) is 5.21. The molecule has 57 heavy (non-hydrogen) atoms. The number of carboxylic acid groups (broad SMARTS) is 2. The summed E-state index contributed by atoms with van der Waals surface area (Å²) in [6.45, 7) is 1.96. The predicted octanol–water partition coefficient (Wildman–Crippen LogP) is -4.07. The van der Waals surface area contributed by atoms with Crippen molar-refractivity contribution in [2.75, 3.05) is 13.2 Å². The van der Waals surface area contributed by atoms with Gasteiger partial charge in [-0.15, -0.1) is 0 Å². The minimum absolute atomic E-state index is 0.140. The number of benzene rings is 1. The number of aliphatic hydroxyl groups excluding tert-OH is 1. The van der Waals surface area contributed by atoms with Crippen LogP contribution in [0, 0.1) is 5.92 Å². The summed E-state index contributed by atoms with van der Waals surface area (Å²) in [6, 6.07) is -0.379. The lowest BCUT2D eigenvalue weighted by Crippen LogP contribution is -2.61. The fraction of sp³-hybridized carbons (Fsp3) is 0.486. The van der Waals surface area contributed by atoms with Gasteiger partial charge in [-0.05, 0) is 17.9 Å². The van der Waals surface area contributed by atoms with E-state index in [0.717, 1.165) is 0 Å². The van der Waals surface area contributed by atoms with Gasteiger partial charge in [-0.3, -0.25) is 38.4 Å². The van der Waals surface area contributed by atoms with E-state index in [2.05, 4.69) is 41.9 Å². The van der Waals surface area contributed by atoms with Crippen LogP contribution >= 0.6 is 0 Å². The van der Waals surface area contributed by atoms with Gasteiger partial charge in [-0.25, -0.2) is 9.78 Å². The van der Waals surface area contributed by atoms with Crippen molar-refractivity contribution >= 4 is 53.3 Å². The molecule has 2 rings (SSSR count). The van der Waals surface area contributed by atoms with Gasteiger partial charge < -0.3 is 63.7 Å². The molecule has 0 fully saturated rings. The number of hydrogen-bond donors (Lipinski definition) is 12. The zero-order valence-corrected chi connectivity index (χ0v) is 31.4. The van der Waals surface area contributed by atoms with E-state index in [1.54, 1.807) is 44.2 Å². The first-order valence-electron chi connectivity index (χ1n) is 17.8. The molecule has 1 aromatic carbocycles. The largest absolute Gasteiger partial charge is 0.481 e. The number of aliphatic carboxylic acids is 2. The molecule has 22 nitrogen and oxygen atoms in total. The number of H-pyrrole nitrogens is 1. The molecule has 0 saturated carbocycles. The van der Waals surface area contributed by atoms with Crippen LogP contribution < -0.4 is 43.4 Å². The lowest BCUT2D eigenvalue weighted by atomic mass is 9.96. The maximum atomic E-state index is 14.0.